The number of halogens is 10. The molecule has 49 heavy (non-hydrogen) atoms. The van der Waals surface area contributed by atoms with Gasteiger partial charge in [-0.25, -0.2) is 4.57 Å². The molecule has 1 aliphatic rings. The standard InChI is InChI=1S/C32H19F10O4PS2/c33-48(34,35,36,37)23-13-9-19(10-14-23)27-17-21-5-1-3-7-25(21)29-30-26-8-4-2-6-22(26)18-28(32(30)46-47(43,44)45-31(27)29)20-11-15-24(16-12-20)49(38,39,40,41)42/h1-18H,(H,43,44). The minimum Gasteiger partial charge on any atom is -0.394 e. The predicted molar refractivity (Wildman–Crippen MR) is 172 cm³/mol. The van der Waals surface area contributed by atoms with Crippen LogP contribution in [0.4, 0.5) is 38.9 Å². The number of hydrogen-bond donors (Lipinski definition) is 1. The second-order valence-electron chi connectivity index (χ2n) is 11.3. The van der Waals surface area contributed by atoms with Crippen molar-refractivity contribution >= 4 is 49.8 Å². The van der Waals surface area contributed by atoms with Gasteiger partial charge in [-0.2, -0.15) is 0 Å². The summed E-state index contributed by atoms with van der Waals surface area (Å²) in [5.74, 6) is -0.746. The topological polar surface area (TPSA) is 55.8 Å². The summed E-state index contributed by atoms with van der Waals surface area (Å²) in [6, 6.07) is 19.5. The van der Waals surface area contributed by atoms with Crippen molar-refractivity contribution in [3.8, 4) is 44.9 Å². The molecule has 1 N–H and O–H groups in total. The lowest BCUT2D eigenvalue weighted by atomic mass is 9.86. The highest BCUT2D eigenvalue weighted by Gasteiger charge is 2.66. The maximum absolute atomic E-state index is 13.6. The molecule has 4 nitrogen and oxygen atoms in total. The van der Waals surface area contributed by atoms with Gasteiger partial charge in [0.25, 0.3) is 0 Å². The zero-order valence-corrected chi connectivity index (χ0v) is 26.6. The van der Waals surface area contributed by atoms with Gasteiger partial charge in [-0.15, -0.1) is 0 Å². The lowest BCUT2D eigenvalue weighted by Crippen LogP contribution is -2.05. The molecule has 0 atom stereocenters. The van der Waals surface area contributed by atoms with Crippen LogP contribution >= 0.6 is 28.3 Å². The van der Waals surface area contributed by atoms with Crippen LogP contribution in [0.1, 0.15) is 0 Å². The van der Waals surface area contributed by atoms with Crippen molar-refractivity contribution < 1.29 is 57.4 Å². The van der Waals surface area contributed by atoms with E-state index in [1.807, 2.05) is 0 Å². The van der Waals surface area contributed by atoms with Gasteiger partial charge in [0.1, 0.15) is 21.3 Å². The Hall–Kier alpha value is -4.37. The fourth-order valence-corrected chi connectivity index (χ4v) is 7.98. The van der Waals surface area contributed by atoms with E-state index < -0.39 is 38.1 Å². The van der Waals surface area contributed by atoms with Crippen LogP contribution in [-0.4, -0.2) is 4.89 Å². The Labute approximate surface area is 270 Å². The van der Waals surface area contributed by atoms with Crippen molar-refractivity contribution in [2.24, 2.45) is 0 Å². The number of hydrogen-bond acceptors (Lipinski definition) is 3. The van der Waals surface area contributed by atoms with Gasteiger partial charge in [0, 0.05) is 22.3 Å². The van der Waals surface area contributed by atoms with Gasteiger partial charge in [0.15, 0.2) is 0 Å². The highest BCUT2D eigenvalue weighted by Crippen LogP contribution is 3.02. The molecule has 0 aliphatic carbocycles. The van der Waals surface area contributed by atoms with Gasteiger partial charge < -0.3 is 9.05 Å². The van der Waals surface area contributed by atoms with Crippen LogP contribution in [0.5, 0.6) is 11.5 Å². The van der Waals surface area contributed by atoms with E-state index in [-0.39, 0.29) is 69.1 Å². The van der Waals surface area contributed by atoms with E-state index >= 15 is 0 Å². The van der Waals surface area contributed by atoms with Crippen LogP contribution in [0.15, 0.2) is 119 Å². The molecule has 0 spiro atoms. The van der Waals surface area contributed by atoms with Crippen LogP contribution in [0.3, 0.4) is 0 Å². The molecular weight excluding hydrogens is 733 g/mol. The van der Waals surface area contributed by atoms with Gasteiger partial charge >= 0.3 is 28.3 Å². The number of fused-ring (bicyclic) bond motifs is 7. The first-order chi connectivity index (χ1) is 22.3. The molecule has 6 aromatic rings. The van der Waals surface area contributed by atoms with Crippen LogP contribution in [0.2, 0.25) is 0 Å². The van der Waals surface area contributed by atoms with E-state index in [2.05, 4.69) is 0 Å². The average molecular weight is 753 g/mol. The maximum atomic E-state index is 13.6. The molecule has 7 rings (SSSR count). The van der Waals surface area contributed by atoms with E-state index in [1.165, 1.54) is 12.1 Å². The summed E-state index contributed by atoms with van der Waals surface area (Å²) in [6.45, 7) is 0. The second kappa shape index (κ2) is 9.04. The molecule has 1 aliphatic heterocycles. The van der Waals surface area contributed by atoms with Crippen molar-refractivity contribution in [1.82, 2.24) is 0 Å². The third-order valence-electron chi connectivity index (χ3n) is 7.89. The van der Waals surface area contributed by atoms with Crippen molar-refractivity contribution in [3.63, 3.8) is 0 Å². The maximum Gasteiger partial charge on any atom is 0.584 e. The molecule has 0 saturated heterocycles. The summed E-state index contributed by atoms with van der Waals surface area (Å²) in [5, 5.41) is 1.59. The zero-order chi connectivity index (χ0) is 35.5. The molecular formula is C32H19F10O4PS2. The molecule has 0 fully saturated rings. The number of benzene rings is 6. The number of rotatable bonds is 4. The first kappa shape index (κ1) is 33.1. The van der Waals surface area contributed by atoms with Crippen LogP contribution in [0.25, 0.3) is 54.9 Å². The first-order valence-electron chi connectivity index (χ1n) is 13.8. The normalized spacial score (nSPS) is 19.2. The average Bonchev–Trinajstić information content (AvgIpc) is 3.11. The van der Waals surface area contributed by atoms with Gasteiger partial charge in [0.05, 0.1) is 0 Å². The molecule has 0 bridgehead atoms. The van der Waals surface area contributed by atoms with Gasteiger partial charge in [-0.3, -0.25) is 4.89 Å². The van der Waals surface area contributed by atoms with Crippen LogP contribution in [-0.2, 0) is 4.57 Å². The van der Waals surface area contributed by atoms with E-state index in [9.17, 15) is 48.3 Å². The Morgan fingerprint density at radius 1 is 0.490 bits per heavy atom. The molecule has 17 heteroatoms. The van der Waals surface area contributed by atoms with E-state index in [0.29, 0.717) is 21.5 Å². The van der Waals surface area contributed by atoms with Gasteiger partial charge in [-0.05, 0) is 69.1 Å². The summed E-state index contributed by atoms with van der Waals surface area (Å²) in [5.41, 5.74) is -0.224. The van der Waals surface area contributed by atoms with Crippen molar-refractivity contribution in [2.75, 3.05) is 0 Å². The lowest BCUT2D eigenvalue weighted by Gasteiger charge is -2.40. The fraction of sp³-hybridized carbons (Fsp3) is 0. The fourth-order valence-electron chi connectivity index (χ4n) is 5.80. The third kappa shape index (κ3) is 6.07. The Bertz CT molecular complexity index is 2270. The molecule has 1 heterocycles. The lowest BCUT2D eigenvalue weighted by molar-refractivity contribution is 0.295. The van der Waals surface area contributed by atoms with Crippen molar-refractivity contribution in [1.29, 1.82) is 0 Å². The van der Waals surface area contributed by atoms with Crippen LogP contribution in [0, 0.1) is 0 Å². The number of phosphoric acid groups is 1. The van der Waals surface area contributed by atoms with E-state index in [1.54, 1.807) is 48.5 Å². The van der Waals surface area contributed by atoms with E-state index in [4.69, 9.17) is 9.05 Å². The molecule has 0 aromatic heterocycles. The minimum atomic E-state index is -10.1. The third-order valence-corrected chi connectivity index (χ3v) is 11.0. The molecule has 0 saturated carbocycles. The summed E-state index contributed by atoms with van der Waals surface area (Å²) in [4.78, 5) is 6.67. The monoisotopic (exact) mass is 752 g/mol. The quantitative estimate of drug-likeness (QED) is 0.144. The highest BCUT2D eigenvalue weighted by molar-refractivity contribution is 8.46. The smallest absolute Gasteiger partial charge is 0.394 e. The summed E-state index contributed by atoms with van der Waals surface area (Å²) >= 11 is 0. The van der Waals surface area contributed by atoms with Crippen molar-refractivity contribution in [3.05, 3.63) is 109 Å². The van der Waals surface area contributed by atoms with Gasteiger partial charge in [-0.1, -0.05) is 112 Å². The van der Waals surface area contributed by atoms with Crippen molar-refractivity contribution in [2.45, 2.75) is 9.79 Å². The Kier molecular flexibility index (Phi) is 6.12. The summed E-state index contributed by atoms with van der Waals surface area (Å²) in [6.07, 6.45) is 0. The Morgan fingerprint density at radius 2 is 0.816 bits per heavy atom. The minimum absolute atomic E-state index is 0.0772. The largest absolute Gasteiger partial charge is 0.584 e. The highest BCUT2D eigenvalue weighted by atomic mass is 32.5. The number of phosphoric ester groups is 1. The molecule has 0 radical (unpaired) electrons. The Balaban J connectivity index is 1.58. The van der Waals surface area contributed by atoms with Gasteiger partial charge in [0.2, 0.25) is 0 Å². The van der Waals surface area contributed by atoms with E-state index in [0.717, 1.165) is 24.3 Å². The molecule has 258 valence electrons. The molecule has 0 amide bonds. The SMILES string of the molecule is O=P1(O)Oc2c(-c3ccc(S(F)(F)(F)(F)F)cc3)cc3ccccc3c2-c2c(c(-c3ccc(S(F)(F)(F)(F)F)cc3)cc3ccccc23)O1. The zero-order valence-electron chi connectivity index (χ0n) is 24.1. The summed E-state index contributed by atoms with van der Waals surface area (Å²) < 4.78 is 160. The second-order valence-corrected chi connectivity index (χ2v) is 17.5. The molecule has 0 unspecified atom stereocenters. The predicted octanol–water partition coefficient (Wildman–Crippen LogP) is 14.2. The van der Waals surface area contributed by atoms with Crippen LogP contribution < -0.4 is 9.05 Å². The molecule has 6 aromatic carbocycles. The Morgan fingerprint density at radius 3 is 1.14 bits per heavy atom. The summed E-state index contributed by atoms with van der Waals surface area (Å²) in [7, 11) is -25.4. The first-order valence-corrected chi connectivity index (χ1v) is 19.2.